The molecule has 2 aromatic rings. The third kappa shape index (κ3) is 7.82. The molecule has 10 nitrogen and oxygen atoms in total. The molecular weight excluding hydrogens is 507 g/mol. The van der Waals surface area contributed by atoms with E-state index in [1.54, 1.807) is 32.9 Å². The molecule has 0 saturated carbocycles. The summed E-state index contributed by atoms with van der Waals surface area (Å²) < 4.78 is 30.9. The number of ether oxygens (including phenoxy) is 3. The number of carbonyl (C=O) groups excluding carboxylic acids is 3. The third-order valence-corrected chi connectivity index (χ3v) is 6.26. The van der Waals surface area contributed by atoms with Gasteiger partial charge in [-0.05, 0) is 44.5 Å². The van der Waals surface area contributed by atoms with E-state index in [1.807, 2.05) is 35.2 Å². The van der Waals surface area contributed by atoms with Crippen molar-refractivity contribution in [2.75, 3.05) is 49.2 Å². The van der Waals surface area contributed by atoms with Gasteiger partial charge in [-0.1, -0.05) is 30.3 Å². The first-order valence-corrected chi connectivity index (χ1v) is 13.0. The first kappa shape index (κ1) is 28.2. The van der Waals surface area contributed by atoms with E-state index in [0.29, 0.717) is 37.7 Å². The number of anilines is 2. The molecule has 11 heteroatoms. The highest BCUT2D eigenvalue weighted by atomic mass is 19.1. The van der Waals surface area contributed by atoms with Gasteiger partial charge in [0.25, 0.3) is 0 Å². The van der Waals surface area contributed by atoms with Crippen molar-refractivity contribution in [3.63, 3.8) is 0 Å². The molecule has 210 valence electrons. The summed E-state index contributed by atoms with van der Waals surface area (Å²) in [5, 5.41) is 5.40. The van der Waals surface area contributed by atoms with Gasteiger partial charge in [0.15, 0.2) is 0 Å². The van der Waals surface area contributed by atoms with Crippen molar-refractivity contribution in [2.45, 2.75) is 44.9 Å². The highest BCUT2D eigenvalue weighted by molar-refractivity contribution is 5.90. The summed E-state index contributed by atoms with van der Waals surface area (Å²) in [5.74, 6) is -0.879. The van der Waals surface area contributed by atoms with Gasteiger partial charge in [-0.3, -0.25) is 9.69 Å². The van der Waals surface area contributed by atoms with E-state index < -0.39 is 41.7 Å². The lowest BCUT2D eigenvalue weighted by Gasteiger charge is -2.29. The lowest BCUT2D eigenvalue weighted by atomic mass is 10.1. The Morgan fingerprint density at radius 1 is 1.13 bits per heavy atom. The monoisotopic (exact) mass is 542 g/mol. The summed E-state index contributed by atoms with van der Waals surface area (Å²) in [6.07, 6.45) is -1.74. The van der Waals surface area contributed by atoms with Crippen LogP contribution in [-0.4, -0.2) is 75.2 Å². The van der Waals surface area contributed by atoms with E-state index in [2.05, 4.69) is 10.6 Å². The number of carbonyl (C=O) groups is 3. The largest absolute Gasteiger partial charge is 0.444 e. The molecular formula is C28H35FN4O6. The first-order chi connectivity index (χ1) is 18.6. The summed E-state index contributed by atoms with van der Waals surface area (Å²) >= 11 is 0. The smallest absolute Gasteiger partial charge is 0.414 e. The number of benzene rings is 2. The number of hydrogen-bond acceptors (Lipinski definition) is 7. The van der Waals surface area contributed by atoms with Crippen LogP contribution >= 0.6 is 0 Å². The molecule has 2 saturated heterocycles. The molecule has 2 fully saturated rings. The first-order valence-electron chi connectivity index (χ1n) is 13.0. The SMILES string of the molecule is CC(C)(C)OC(=O)NC(Cc1ccccc1)C(=O)NC[C@H]1CN(c2ccc(N3CCOCC3)c(F)c2)C(=O)O1. The highest BCUT2D eigenvalue weighted by Gasteiger charge is 2.34. The second kappa shape index (κ2) is 12.3. The van der Waals surface area contributed by atoms with Crippen molar-refractivity contribution in [3.8, 4) is 0 Å². The van der Waals surface area contributed by atoms with Crippen molar-refractivity contribution >= 4 is 29.5 Å². The van der Waals surface area contributed by atoms with Gasteiger partial charge in [0.1, 0.15) is 23.6 Å². The number of halogens is 1. The van der Waals surface area contributed by atoms with Crippen LogP contribution in [-0.2, 0) is 25.4 Å². The molecule has 2 N–H and O–H groups in total. The number of morpholine rings is 1. The Balaban J connectivity index is 1.36. The highest BCUT2D eigenvalue weighted by Crippen LogP contribution is 2.28. The van der Waals surface area contributed by atoms with E-state index in [-0.39, 0.29) is 19.5 Å². The van der Waals surface area contributed by atoms with Crippen LogP contribution in [0.25, 0.3) is 0 Å². The average Bonchev–Trinajstić information content (AvgIpc) is 3.27. The van der Waals surface area contributed by atoms with Crippen LogP contribution in [0.15, 0.2) is 48.5 Å². The number of rotatable bonds is 8. The molecule has 1 unspecified atom stereocenters. The van der Waals surface area contributed by atoms with Crippen LogP contribution in [0.1, 0.15) is 26.3 Å². The second-order valence-electron chi connectivity index (χ2n) is 10.5. The molecule has 2 aliphatic rings. The minimum Gasteiger partial charge on any atom is -0.444 e. The minimum atomic E-state index is -0.905. The molecule has 0 radical (unpaired) electrons. The van der Waals surface area contributed by atoms with Crippen molar-refractivity contribution in [2.24, 2.45) is 0 Å². The van der Waals surface area contributed by atoms with Crippen molar-refractivity contribution in [3.05, 3.63) is 59.9 Å². The van der Waals surface area contributed by atoms with E-state index in [0.717, 1.165) is 5.56 Å². The van der Waals surface area contributed by atoms with Crippen molar-refractivity contribution < 1.29 is 33.0 Å². The molecule has 2 heterocycles. The zero-order valence-electron chi connectivity index (χ0n) is 22.4. The summed E-state index contributed by atoms with van der Waals surface area (Å²) in [7, 11) is 0. The van der Waals surface area contributed by atoms with E-state index >= 15 is 0 Å². The molecule has 2 atom stereocenters. The number of hydrogen-bond donors (Lipinski definition) is 2. The fraction of sp³-hybridized carbons (Fsp3) is 0.464. The quantitative estimate of drug-likeness (QED) is 0.527. The number of nitrogens with one attached hydrogen (secondary N) is 2. The maximum absolute atomic E-state index is 14.9. The van der Waals surface area contributed by atoms with E-state index in [4.69, 9.17) is 14.2 Å². The third-order valence-electron chi connectivity index (χ3n) is 6.26. The molecule has 0 bridgehead atoms. The number of cyclic esters (lactones) is 1. The van der Waals surface area contributed by atoms with Crippen LogP contribution < -0.4 is 20.4 Å². The molecule has 0 aliphatic carbocycles. The maximum Gasteiger partial charge on any atom is 0.414 e. The van der Waals surface area contributed by atoms with Crippen LogP contribution in [0.5, 0.6) is 0 Å². The number of amides is 3. The topological polar surface area (TPSA) is 109 Å². The maximum atomic E-state index is 14.9. The molecule has 3 amide bonds. The Morgan fingerprint density at radius 2 is 1.85 bits per heavy atom. The number of nitrogens with zero attached hydrogens (tertiary/aromatic N) is 2. The average molecular weight is 543 g/mol. The Labute approximate surface area is 227 Å². The van der Waals surface area contributed by atoms with Gasteiger partial charge in [-0.15, -0.1) is 0 Å². The van der Waals surface area contributed by atoms with E-state index in [1.165, 1.54) is 11.0 Å². The molecule has 39 heavy (non-hydrogen) atoms. The second-order valence-corrected chi connectivity index (χ2v) is 10.5. The lowest BCUT2D eigenvalue weighted by molar-refractivity contribution is -0.123. The summed E-state index contributed by atoms with van der Waals surface area (Å²) in [6.45, 7) is 7.63. The summed E-state index contributed by atoms with van der Waals surface area (Å²) in [6, 6.07) is 13.0. The predicted molar refractivity (Wildman–Crippen MR) is 143 cm³/mol. The summed E-state index contributed by atoms with van der Waals surface area (Å²) in [5.41, 5.74) is 0.964. The molecule has 0 spiro atoms. The predicted octanol–water partition coefficient (Wildman–Crippen LogP) is 3.24. The van der Waals surface area contributed by atoms with Gasteiger partial charge < -0.3 is 29.7 Å². The van der Waals surface area contributed by atoms with Gasteiger partial charge in [0.05, 0.1) is 37.7 Å². The van der Waals surface area contributed by atoms with Gasteiger partial charge in [-0.25, -0.2) is 14.0 Å². The fourth-order valence-electron chi connectivity index (χ4n) is 4.41. The Morgan fingerprint density at radius 3 is 2.51 bits per heavy atom. The Hall–Kier alpha value is -3.86. The molecule has 2 aromatic carbocycles. The van der Waals surface area contributed by atoms with Crippen LogP contribution in [0, 0.1) is 5.82 Å². The Kier molecular flexibility index (Phi) is 8.90. The zero-order valence-corrected chi connectivity index (χ0v) is 22.4. The molecule has 2 aliphatic heterocycles. The lowest BCUT2D eigenvalue weighted by Crippen LogP contribution is -2.50. The van der Waals surface area contributed by atoms with E-state index in [9.17, 15) is 18.8 Å². The van der Waals surface area contributed by atoms with Gasteiger partial charge in [-0.2, -0.15) is 0 Å². The zero-order chi connectivity index (χ0) is 28.0. The van der Waals surface area contributed by atoms with Gasteiger partial charge >= 0.3 is 12.2 Å². The number of alkyl carbamates (subject to hydrolysis) is 1. The van der Waals surface area contributed by atoms with Crippen LogP contribution in [0.4, 0.5) is 25.4 Å². The van der Waals surface area contributed by atoms with Crippen LogP contribution in [0.2, 0.25) is 0 Å². The minimum absolute atomic E-state index is 0.0245. The van der Waals surface area contributed by atoms with Gasteiger partial charge in [0.2, 0.25) is 5.91 Å². The summed E-state index contributed by atoms with van der Waals surface area (Å²) in [4.78, 5) is 41.3. The molecule has 4 rings (SSSR count). The van der Waals surface area contributed by atoms with Gasteiger partial charge in [0, 0.05) is 19.5 Å². The molecule has 0 aromatic heterocycles. The standard InChI is InChI=1S/C28H35FN4O6/c1-28(2,3)39-26(35)31-23(15-19-7-5-4-6-8-19)25(34)30-17-21-18-33(27(36)38-21)20-9-10-24(22(29)16-20)32-11-13-37-14-12-32/h4-10,16,21,23H,11-15,17-18H2,1-3H3,(H,30,34)(H,31,35)/t21-,23?/m0/s1. The van der Waals surface area contributed by atoms with Crippen LogP contribution in [0.3, 0.4) is 0 Å². The Bertz CT molecular complexity index is 1170. The normalized spacial score (nSPS) is 18.4. The fourth-order valence-corrected chi connectivity index (χ4v) is 4.41. The van der Waals surface area contributed by atoms with Crippen molar-refractivity contribution in [1.82, 2.24) is 10.6 Å². The van der Waals surface area contributed by atoms with Crippen molar-refractivity contribution in [1.29, 1.82) is 0 Å².